The van der Waals surface area contributed by atoms with Gasteiger partial charge in [0.05, 0.1) is 6.10 Å². The highest BCUT2D eigenvalue weighted by molar-refractivity contribution is 5.33. The number of fused-ring (bicyclic) bond motifs is 1. The molecular weight excluding hydrogens is 196 g/mol. The number of rotatable bonds is 0. The summed E-state index contributed by atoms with van der Waals surface area (Å²) in [7, 11) is 0. The third kappa shape index (κ3) is 0.860. The lowest BCUT2D eigenvalue weighted by molar-refractivity contribution is -0.0117. The molecule has 0 aromatic heterocycles. The minimum Gasteiger partial charge on any atom is -0.392 e. The first kappa shape index (κ1) is 10.8. The van der Waals surface area contributed by atoms with Gasteiger partial charge < -0.3 is 5.11 Å². The zero-order valence-corrected chi connectivity index (χ0v) is 11.0. The summed E-state index contributed by atoms with van der Waals surface area (Å²) in [5, 5.41) is 10.6. The van der Waals surface area contributed by atoms with Gasteiger partial charge in [-0.15, -0.1) is 0 Å². The van der Waals surface area contributed by atoms with Crippen molar-refractivity contribution in [2.75, 3.05) is 0 Å². The van der Waals surface area contributed by atoms with Crippen LogP contribution in [0.4, 0.5) is 0 Å². The van der Waals surface area contributed by atoms with Gasteiger partial charge in [0.1, 0.15) is 0 Å². The molecule has 1 nitrogen and oxygen atoms in total. The Hall–Kier alpha value is -0.300. The van der Waals surface area contributed by atoms with Crippen LogP contribution in [0, 0.1) is 28.6 Å². The molecule has 0 aromatic carbocycles. The quantitative estimate of drug-likeness (QED) is 0.620. The molecule has 2 fully saturated rings. The normalized spacial score (nSPS) is 53.7. The van der Waals surface area contributed by atoms with Crippen LogP contribution < -0.4 is 0 Å². The maximum Gasteiger partial charge on any atom is 0.0613 e. The van der Waals surface area contributed by atoms with Gasteiger partial charge >= 0.3 is 0 Å². The molecule has 0 aromatic rings. The van der Waals surface area contributed by atoms with Gasteiger partial charge in [-0.05, 0) is 49.4 Å². The first-order chi connectivity index (χ1) is 7.44. The zero-order chi connectivity index (χ0) is 11.7. The molecule has 0 aliphatic heterocycles. The standard InChI is InChI=1S/C15H24O/c1-9-5-7-11-13(16)12-8-6-10(2)15(9,12)14(11,3)4/h6,9,11-13,16H,5,7-8H2,1-4H3/t9-,11+,12-,13+,15+/m0/s1. The van der Waals surface area contributed by atoms with Gasteiger partial charge in [0.2, 0.25) is 0 Å². The third-order valence-electron chi connectivity index (χ3n) is 6.42. The molecular formula is C15H24O. The second-order valence-corrected chi connectivity index (χ2v) is 6.90. The number of allylic oxidation sites excluding steroid dienone is 2. The van der Waals surface area contributed by atoms with Crippen molar-refractivity contribution in [3.63, 3.8) is 0 Å². The molecule has 2 saturated carbocycles. The zero-order valence-electron chi connectivity index (χ0n) is 11.0. The number of aliphatic hydroxyl groups excluding tert-OH is 1. The molecule has 0 radical (unpaired) electrons. The molecule has 0 saturated heterocycles. The molecule has 3 aliphatic rings. The minimum absolute atomic E-state index is 0.0614. The smallest absolute Gasteiger partial charge is 0.0613 e. The Morgan fingerprint density at radius 2 is 1.94 bits per heavy atom. The highest BCUT2D eigenvalue weighted by atomic mass is 16.3. The van der Waals surface area contributed by atoms with Crippen LogP contribution >= 0.6 is 0 Å². The molecule has 1 N–H and O–H groups in total. The van der Waals surface area contributed by atoms with Gasteiger partial charge in [0.15, 0.2) is 0 Å². The van der Waals surface area contributed by atoms with Crippen LogP contribution in [0.5, 0.6) is 0 Å². The SMILES string of the molecule is CC1=CC[C@H]2[C@H](O)[C@H]3CC[C@H](C)[C@@]12C3(C)C. The Morgan fingerprint density at radius 1 is 1.25 bits per heavy atom. The summed E-state index contributed by atoms with van der Waals surface area (Å²) in [6, 6.07) is 0. The van der Waals surface area contributed by atoms with Gasteiger partial charge in [0.25, 0.3) is 0 Å². The molecule has 2 bridgehead atoms. The summed E-state index contributed by atoms with van der Waals surface area (Å²) < 4.78 is 0. The fourth-order valence-electron chi connectivity index (χ4n) is 5.94. The Labute approximate surface area is 98.9 Å². The van der Waals surface area contributed by atoms with Gasteiger partial charge in [0, 0.05) is 5.41 Å². The van der Waals surface area contributed by atoms with E-state index in [0.29, 0.717) is 17.3 Å². The largest absolute Gasteiger partial charge is 0.392 e. The molecule has 0 amide bonds. The van der Waals surface area contributed by atoms with E-state index in [4.69, 9.17) is 0 Å². The van der Waals surface area contributed by atoms with Crippen LogP contribution in [-0.4, -0.2) is 11.2 Å². The van der Waals surface area contributed by atoms with Crippen LogP contribution in [0.3, 0.4) is 0 Å². The Morgan fingerprint density at radius 3 is 2.62 bits per heavy atom. The van der Waals surface area contributed by atoms with Crippen molar-refractivity contribution in [2.24, 2.45) is 28.6 Å². The van der Waals surface area contributed by atoms with E-state index in [1.807, 2.05) is 0 Å². The summed E-state index contributed by atoms with van der Waals surface area (Å²) in [4.78, 5) is 0. The highest BCUT2D eigenvalue weighted by Gasteiger charge is 2.69. The lowest BCUT2D eigenvalue weighted by Crippen LogP contribution is -2.47. The Balaban J connectivity index is 2.21. The summed E-state index contributed by atoms with van der Waals surface area (Å²) >= 11 is 0. The van der Waals surface area contributed by atoms with E-state index >= 15 is 0 Å². The van der Waals surface area contributed by atoms with Gasteiger partial charge in [-0.2, -0.15) is 0 Å². The number of hydrogen-bond acceptors (Lipinski definition) is 1. The fraction of sp³-hybridized carbons (Fsp3) is 0.867. The molecule has 1 heteroatoms. The van der Waals surface area contributed by atoms with E-state index < -0.39 is 0 Å². The summed E-state index contributed by atoms with van der Waals surface area (Å²) in [6.07, 6.45) is 5.96. The van der Waals surface area contributed by atoms with Crippen molar-refractivity contribution >= 4 is 0 Å². The van der Waals surface area contributed by atoms with Crippen LogP contribution in [0.15, 0.2) is 11.6 Å². The van der Waals surface area contributed by atoms with E-state index in [2.05, 4.69) is 33.8 Å². The first-order valence-electron chi connectivity index (χ1n) is 6.79. The predicted molar refractivity (Wildman–Crippen MR) is 66.0 cm³/mol. The molecule has 3 rings (SSSR count). The average Bonchev–Trinajstić information content (AvgIpc) is 2.57. The molecule has 5 atom stereocenters. The lowest BCUT2D eigenvalue weighted by Gasteiger charge is -2.53. The van der Waals surface area contributed by atoms with Crippen LogP contribution in [0.1, 0.15) is 47.0 Å². The summed E-state index contributed by atoms with van der Waals surface area (Å²) in [5.74, 6) is 1.77. The Kier molecular flexibility index (Phi) is 1.98. The molecule has 1 spiro atoms. The maximum atomic E-state index is 10.6. The van der Waals surface area contributed by atoms with Crippen LogP contribution in [0.25, 0.3) is 0 Å². The molecule has 16 heavy (non-hydrogen) atoms. The van der Waals surface area contributed by atoms with Crippen LogP contribution in [0.2, 0.25) is 0 Å². The Bertz CT molecular complexity index is 354. The van der Waals surface area contributed by atoms with Crippen molar-refractivity contribution in [3.05, 3.63) is 11.6 Å². The van der Waals surface area contributed by atoms with Crippen molar-refractivity contribution < 1.29 is 5.11 Å². The van der Waals surface area contributed by atoms with E-state index in [1.165, 1.54) is 12.8 Å². The topological polar surface area (TPSA) is 20.2 Å². The van der Waals surface area contributed by atoms with E-state index in [1.54, 1.807) is 5.57 Å². The van der Waals surface area contributed by atoms with Crippen LogP contribution in [-0.2, 0) is 0 Å². The van der Waals surface area contributed by atoms with Crippen molar-refractivity contribution in [3.8, 4) is 0 Å². The van der Waals surface area contributed by atoms with Gasteiger partial charge in [-0.3, -0.25) is 0 Å². The molecule has 90 valence electrons. The van der Waals surface area contributed by atoms with E-state index in [-0.39, 0.29) is 11.5 Å². The average molecular weight is 220 g/mol. The first-order valence-corrected chi connectivity index (χ1v) is 6.79. The fourth-order valence-corrected chi connectivity index (χ4v) is 5.94. The molecule has 0 heterocycles. The summed E-state index contributed by atoms with van der Waals surface area (Å²) in [5.41, 5.74) is 2.15. The van der Waals surface area contributed by atoms with Gasteiger partial charge in [-0.1, -0.05) is 32.4 Å². The van der Waals surface area contributed by atoms with Gasteiger partial charge in [-0.25, -0.2) is 0 Å². The van der Waals surface area contributed by atoms with E-state index in [9.17, 15) is 5.11 Å². The second kappa shape index (κ2) is 2.93. The predicted octanol–water partition coefficient (Wildman–Crippen LogP) is 3.39. The third-order valence-corrected chi connectivity index (χ3v) is 6.42. The molecule has 3 aliphatic carbocycles. The second-order valence-electron chi connectivity index (χ2n) is 6.90. The summed E-state index contributed by atoms with van der Waals surface area (Å²) in [6.45, 7) is 9.52. The monoisotopic (exact) mass is 220 g/mol. The highest BCUT2D eigenvalue weighted by Crippen LogP contribution is 2.73. The lowest BCUT2D eigenvalue weighted by atomic mass is 9.51. The maximum absolute atomic E-state index is 10.6. The van der Waals surface area contributed by atoms with E-state index in [0.717, 1.165) is 12.3 Å². The van der Waals surface area contributed by atoms with Crippen molar-refractivity contribution in [1.29, 1.82) is 0 Å². The minimum atomic E-state index is -0.0614. The number of hydrogen-bond donors (Lipinski definition) is 1. The number of aliphatic hydroxyl groups is 1. The van der Waals surface area contributed by atoms with Crippen molar-refractivity contribution in [1.82, 2.24) is 0 Å². The molecule has 0 unspecified atom stereocenters. The van der Waals surface area contributed by atoms with Crippen molar-refractivity contribution in [2.45, 2.75) is 53.1 Å².